The summed E-state index contributed by atoms with van der Waals surface area (Å²) in [6, 6.07) is 0.287. The van der Waals surface area contributed by atoms with Crippen molar-refractivity contribution in [1.82, 2.24) is 15.5 Å². The first-order valence-corrected chi connectivity index (χ1v) is 8.16. The van der Waals surface area contributed by atoms with Gasteiger partial charge in [-0.25, -0.2) is 4.79 Å². The molecule has 0 spiro atoms. The molecule has 0 aromatic carbocycles. The first kappa shape index (κ1) is 16.9. The highest BCUT2D eigenvalue weighted by atomic mass is 16.5. The lowest BCUT2D eigenvalue weighted by atomic mass is 9.80. The van der Waals surface area contributed by atoms with Crippen LogP contribution in [0.5, 0.6) is 0 Å². The van der Waals surface area contributed by atoms with Crippen molar-refractivity contribution < 1.29 is 14.6 Å². The Kier molecular flexibility index (Phi) is 5.88. The summed E-state index contributed by atoms with van der Waals surface area (Å²) < 4.78 is 4.74. The van der Waals surface area contributed by atoms with Gasteiger partial charge in [0, 0.05) is 25.7 Å². The second kappa shape index (κ2) is 7.67. The molecule has 2 aliphatic rings. The molecule has 0 unspecified atom stereocenters. The second-order valence-corrected chi connectivity index (χ2v) is 6.15. The van der Waals surface area contributed by atoms with E-state index in [0.717, 1.165) is 44.6 Å². The number of carbonyl (C=O) groups excluding carboxylic acids is 1. The summed E-state index contributed by atoms with van der Waals surface area (Å²) in [7, 11) is 1.41. The number of nitrogens with zero attached hydrogens (tertiary/aromatic N) is 2. The zero-order valence-electron chi connectivity index (χ0n) is 13.6. The molecule has 1 heterocycles. The van der Waals surface area contributed by atoms with Gasteiger partial charge in [-0.15, -0.1) is 0 Å². The van der Waals surface area contributed by atoms with E-state index in [9.17, 15) is 9.90 Å². The number of hydrogen-bond donors (Lipinski definition) is 3. The maximum atomic E-state index is 11.5. The highest BCUT2D eigenvalue weighted by molar-refractivity contribution is 5.80. The zero-order chi connectivity index (χ0) is 16.0. The number of guanidine groups is 1. The number of likely N-dealkylation sites (tertiary alicyclic amines) is 1. The van der Waals surface area contributed by atoms with Gasteiger partial charge in [-0.1, -0.05) is 0 Å². The monoisotopic (exact) mass is 312 g/mol. The number of rotatable bonds is 4. The summed E-state index contributed by atoms with van der Waals surface area (Å²) in [6.07, 6.45) is 4.24. The maximum absolute atomic E-state index is 11.5. The molecule has 1 saturated carbocycles. The number of aliphatic hydroxyl groups is 1. The van der Waals surface area contributed by atoms with Gasteiger partial charge in [0.15, 0.2) is 5.96 Å². The molecule has 3 N–H and O–H groups in total. The molecule has 1 aliphatic heterocycles. The smallest absolute Gasteiger partial charge is 0.409 e. The second-order valence-electron chi connectivity index (χ2n) is 6.15. The predicted molar refractivity (Wildman–Crippen MR) is 84.9 cm³/mol. The molecule has 0 aromatic heterocycles. The van der Waals surface area contributed by atoms with Crippen LogP contribution in [-0.4, -0.2) is 67.0 Å². The van der Waals surface area contributed by atoms with E-state index in [1.165, 1.54) is 7.11 Å². The molecule has 1 saturated heterocycles. The summed E-state index contributed by atoms with van der Waals surface area (Å²) >= 11 is 0. The highest BCUT2D eigenvalue weighted by Crippen LogP contribution is 2.31. The number of piperidine rings is 1. The van der Waals surface area contributed by atoms with Gasteiger partial charge in [-0.3, -0.25) is 4.99 Å². The van der Waals surface area contributed by atoms with Gasteiger partial charge in [0.25, 0.3) is 0 Å². The number of ether oxygens (including phenoxy) is 1. The average Bonchev–Trinajstić information content (AvgIpc) is 2.51. The van der Waals surface area contributed by atoms with Crippen LogP contribution < -0.4 is 10.6 Å². The van der Waals surface area contributed by atoms with E-state index >= 15 is 0 Å². The van der Waals surface area contributed by atoms with Crippen molar-refractivity contribution in [3.8, 4) is 0 Å². The Balaban J connectivity index is 1.81. The van der Waals surface area contributed by atoms with Crippen molar-refractivity contribution in [2.45, 2.75) is 50.7 Å². The van der Waals surface area contributed by atoms with Crippen LogP contribution in [0.25, 0.3) is 0 Å². The van der Waals surface area contributed by atoms with E-state index in [1.54, 1.807) is 4.90 Å². The van der Waals surface area contributed by atoms with Crippen LogP contribution in [0.15, 0.2) is 4.99 Å². The molecule has 1 aliphatic carbocycles. The molecular weight excluding hydrogens is 284 g/mol. The van der Waals surface area contributed by atoms with Gasteiger partial charge in [-0.2, -0.15) is 0 Å². The molecule has 7 nitrogen and oxygen atoms in total. The van der Waals surface area contributed by atoms with Crippen LogP contribution in [0.4, 0.5) is 4.79 Å². The quantitative estimate of drug-likeness (QED) is 0.525. The number of carbonyl (C=O) groups is 1. The van der Waals surface area contributed by atoms with E-state index < -0.39 is 5.60 Å². The van der Waals surface area contributed by atoms with Gasteiger partial charge < -0.3 is 25.4 Å². The summed E-state index contributed by atoms with van der Waals surface area (Å²) in [4.78, 5) is 17.7. The van der Waals surface area contributed by atoms with Crippen LogP contribution in [0.3, 0.4) is 0 Å². The Morgan fingerprint density at radius 3 is 2.59 bits per heavy atom. The summed E-state index contributed by atoms with van der Waals surface area (Å²) in [6.45, 7) is 4.63. The van der Waals surface area contributed by atoms with Crippen molar-refractivity contribution in [3.63, 3.8) is 0 Å². The summed E-state index contributed by atoms with van der Waals surface area (Å²) in [5, 5.41) is 16.8. The fourth-order valence-corrected chi connectivity index (χ4v) is 2.82. The Bertz CT molecular complexity index is 402. The lowest BCUT2D eigenvalue weighted by Crippen LogP contribution is -2.50. The van der Waals surface area contributed by atoms with E-state index in [-0.39, 0.29) is 12.1 Å². The van der Waals surface area contributed by atoms with Crippen molar-refractivity contribution in [2.75, 3.05) is 33.3 Å². The molecule has 0 aromatic rings. The van der Waals surface area contributed by atoms with Crippen LogP contribution in [0.1, 0.15) is 39.0 Å². The SMILES string of the molecule is CCNC(=NCC1(O)CCC1)NC1CCN(C(=O)OC)CC1. The third-order valence-electron chi connectivity index (χ3n) is 4.43. The number of hydrogen-bond acceptors (Lipinski definition) is 4. The van der Waals surface area contributed by atoms with Gasteiger partial charge in [0.1, 0.15) is 0 Å². The van der Waals surface area contributed by atoms with Crippen LogP contribution in [0, 0.1) is 0 Å². The number of amides is 1. The van der Waals surface area contributed by atoms with Gasteiger partial charge in [0.05, 0.1) is 19.3 Å². The topological polar surface area (TPSA) is 86.2 Å². The fourth-order valence-electron chi connectivity index (χ4n) is 2.82. The molecule has 0 radical (unpaired) electrons. The minimum atomic E-state index is -0.601. The van der Waals surface area contributed by atoms with Crippen LogP contribution in [-0.2, 0) is 4.74 Å². The molecule has 0 bridgehead atoms. The van der Waals surface area contributed by atoms with Gasteiger partial charge in [0.2, 0.25) is 0 Å². The van der Waals surface area contributed by atoms with Crippen molar-refractivity contribution >= 4 is 12.1 Å². The zero-order valence-corrected chi connectivity index (χ0v) is 13.6. The predicted octanol–water partition coefficient (Wildman–Crippen LogP) is 0.687. The minimum Gasteiger partial charge on any atom is -0.453 e. The van der Waals surface area contributed by atoms with E-state index in [0.29, 0.717) is 19.6 Å². The normalized spacial score (nSPS) is 22.0. The Morgan fingerprint density at radius 2 is 2.09 bits per heavy atom. The Hall–Kier alpha value is -1.50. The fraction of sp³-hybridized carbons (Fsp3) is 0.867. The van der Waals surface area contributed by atoms with Crippen molar-refractivity contribution in [3.05, 3.63) is 0 Å². The molecule has 126 valence electrons. The van der Waals surface area contributed by atoms with E-state index in [1.807, 2.05) is 6.92 Å². The number of aliphatic imine (C=N–C) groups is 1. The minimum absolute atomic E-state index is 0.258. The van der Waals surface area contributed by atoms with Gasteiger partial charge >= 0.3 is 6.09 Å². The number of nitrogens with one attached hydrogen (secondary N) is 2. The third-order valence-corrected chi connectivity index (χ3v) is 4.43. The van der Waals surface area contributed by atoms with E-state index in [4.69, 9.17) is 4.74 Å². The molecule has 7 heteroatoms. The molecule has 22 heavy (non-hydrogen) atoms. The average molecular weight is 312 g/mol. The molecule has 1 amide bonds. The molecule has 2 fully saturated rings. The largest absolute Gasteiger partial charge is 0.453 e. The third kappa shape index (κ3) is 4.50. The summed E-state index contributed by atoms with van der Waals surface area (Å²) in [5.74, 6) is 0.749. The summed E-state index contributed by atoms with van der Waals surface area (Å²) in [5.41, 5.74) is -0.601. The first-order chi connectivity index (χ1) is 10.6. The molecule has 0 atom stereocenters. The van der Waals surface area contributed by atoms with E-state index in [2.05, 4.69) is 15.6 Å². The van der Waals surface area contributed by atoms with Crippen molar-refractivity contribution in [2.24, 2.45) is 4.99 Å². The Labute approximate surface area is 132 Å². The Morgan fingerprint density at radius 1 is 1.41 bits per heavy atom. The van der Waals surface area contributed by atoms with Crippen LogP contribution in [0.2, 0.25) is 0 Å². The maximum Gasteiger partial charge on any atom is 0.409 e. The first-order valence-electron chi connectivity index (χ1n) is 8.16. The molecule has 2 rings (SSSR count). The van der Waals surface area contributed by atoms with Crippen molar-refractivity contribution in [1.29, 1.82) is 0 Å². The van der Waals surface area contributed by atoms with Crippen LogP contribution >= 0.6 is 0 Å². The standard InChI is InChI=1S/C15H28N4O3/c1-3-16-13(17-11-15(21)7-4-8-15)18-12-5-9-19(10-6-12)14(20)22-2/h12,21H,3-11H2,1-2H3,(H2,16,17,18). The number of methoxy groups -OCH3 is 1. The molecular formula is C15H28N4O3. The lowest BCUT2D eigenvalue weighted by molar-refractivity contribution is -0.0236. The van der Waals surface area contributed by atoms with Gasteiger partial charge in [-0.05, 0) is 39.0 Å². The lowest BCUT2D eigenvalue weighted by Gasteiger charge is -2.35. The highest BCUT2D eigenvalue weighted by Gasteiger charge is 2.34.